The van der Waals surface area contributed by atoms with Crippen molar-refractivity contribution >= 4 is 15.9 Å². The Morgan fingerprint density at radius 3 is 2.55 bits per heavy atom. The first-order valence-electron chi connectivity index (χ1n) is 10.6. The van der Waals surface area contributed by atoms with E-state index in [1.54, 1.807) is 24.3 Å². The van der Waals surface area contributed by atoms with Gasteiger partial charge in [-0.05, 0) is 56.5 Å². The lowest BCUT2D eigenvalue weighted by atomic mass is 9.97. The summed E-state index contributed by atoms with van der Waals surface area (Å²) in [5.74, 6) is 0.871. The van der Waals surface area contributed by atoms with Crippen LogP contribution in [0.2, 0.25) is 0 Å². The van der Waals surface area contributed by atoms with Gasteiger partial charge in [0.15, 0.2) is 11.5 Å². The average molecular weight is 445 g/mol. The first-order chi connectivity index (χ1) is 14.8. The van der Waals surface area contributed by atoms with E-state index in [0.717, 1.165) is 11.1 Å². The molecule has 2 aliphatic heterocycles. The van der Waals surface area contributed by atoms with Crippen LogP contribution in [0.1, 0.15) is 36.9 Å². The van der Waals surface area contributed by atoms with Crippen molar-refractivity contribution in [1.82, 2.24) is 9.62 Å². The molecule has 0 aromatic heterocycles. The van der Waals surface area contributed by atoms with E-state index in [9.17, 15) is 13.2 Å². The van der Waals surface area contributed by atoms with Gasteiger partial charge < -0.3 is 14.8 Å². The maximum absolute atomic E-state index is 13.0. The number of piperidine rings is 1. The van der Waals surface area contributed by atoms with Crippen LogP contribution in [-0.4, -0.2) is 44.9 Å². The molecule has 2 aromatic carbocycles. The minimum absolute atomic E-state index is 0.133. The fraction of sp³-hybridized carbons (Fsp3) is 0.435. The van der Waals surface area contributed by atoms with Crippen molar-refractivity contribution in [2.24, 2.45) is 5.92 Å². The molecule has 166 valence electrons. The normalized spacial score (nSPS) is 20.1. The largest absolute Gasteiger partial charge is 0.486 e. The average Bonchev–Trinajstić information content (AvgIpc) is 2.79. The predicted molar refractivity (Wildman–Crippen MR) is 117 cm³/mol. The van der Waals surface area contributed by atoms with Crippen LogP contribution in [0, 0.1) is 12.8 Å². The summed E-state index contributed by atoms with van der Waals surface area (Å²) in [4.78, 5) is 13.2. The van der Waals surface area contributed by atoms with Crippen LogP contribution in [-0.2, 0) is 14.8 Å². The monoisotopic (exact) mass is 444 g/mol. The Labute approximate surface area is 183 Å². The summed E-state index contributed by atoms with van der Waals surface area (Å²) in [6.07, 6.45) is 1.32. The topological polar surface area (TPSA) is 84.9 Å². The number of amides is 1. The van der Waals surface area contributed by atoms with E-state index in [1.807, 2.05) is 32.0 Å². The lowest BCUT2D eigenvalue weighted by Crippen LogP contribution is -2.45. The molecule has 0 aliphatic carbocycles. The molecule has 8 heteroatoms. The van der Waals surface area contributed by atoms with Gasteiger partial charge >= 0.3 is 0 Å². The third kappa shape index (κ3) is 4.70. The maximum atomic E-state index is 13.0. The molecule has 0 saturated carbocycles. The smallest absolute Gasteiger partial charge is 0.243 e. The van der Waals surface area contributed by atoms with Gasteiger partial charge in [-0.15, -0.1) is 0 Å². The van der Waals surface area contributed by atoms with Crippen LogP contribution in [0.15, 0.2) is 47.4 Å². The number of carbonyl (C=O) groups is 1. The van der Waals surface area contributed by atoms with Crippen LogP contribution in [0.5, 0.6) is 11.5 Å². The molecule has 2 aliphatic rings. The van der Waals surface area contributed by atoms with E-state index < -0.39 is 10.0 Å². The number of nitrogens with zero attached hydrogens (tertiary/aromatic N) is 1. The number of carbonyl (C=O) groups excluding carboxylic acids is 1. The van der Waals surface area contributed by atoms with Gasteiger partial charge in [0.1, 0.15) is 13.2 Å². The molecule has 4 rings (SSSR count). The van der Waals surface area contributed by atoms with Crippen molar-refractivity contribution < 1.29 is 22.7 Å². The second kappa shape index (κ2) is 8.88. The second-order valence-electron chi connectivity index (χ2n) is 8.15. The standard InChI is InChI=1S/C23H28N2O5S/c1-16-5-8-20(9-6-16)31(27,28)25-11-3-4-19(15-25)23(26)24-17(2)18-7-10-21-22(14-18)30-13-12-29-21/h5-10,14,17,19H,3-4,11-13,15H2,1-2H3,(H,24,26)/t17-,19+/m0/s1. The van der Waals surface area contributed by atoms with Gasteiger partial charge in [0.25, 0.3) is 0 Å². The van der Waals surface area contributed by atoms with E-state index in [1.165, 1.54) is 4.31 Å². The van der Waals surface area contributed by atoms with Gasteiger partial charge in [-0.25, -0.2) is 8.42 Å². The number of sulfonamides is 1. The molecule has 0 spiro atoms. The molecule has 0 radical (unpaired) electrons. The van der Waals surface area contributed by atoms with Crippen LogP contribution >= 0.6 is 0 Å². The number of hydrogen-bond acceptors (Lipinski definition) is 5. The molecule has 0 unspecified atom stereocenters. The highest BCUT2D eigenvalue weighted by Crippen LogP contribution is 2.33. The molecule has 2 aromatic rings. The van der Waals surface area contributed by atoms with Crippen LogP contribution in [0.3, 0.4) is 0 Å². The Kier molecular flexibility index (Phi) is 6.20. The first-order valence-corrected chi connectivity index (χ1v) is 12.1. The van der Waals surface area contributed by atoms with Gasteiger partial charge in [0, 0.05) is 13.1 Å². The fourth-order valence-electron chi connectivity index (χ4n) is 3.98. The molecule has 2 heterocycles. The minimum Gasteiger partial charge on any atom is -0.486 e. The highest BCUT2D eigenvalue weighted by atomic mass is 32.2. The summed E-state index contributed by atoms with van der Waals surface area (Å²) in [5, 5.41) is 3.04. The quantitative estimate of drug-likeness (QED) is 0.766. The Balaban J connectivity index is 1.42. The van der Waals surface area contributed by atoms with Crippen molar-refractivity contribution in [3.63, 3.8) is 0 Å². The van der Waals surface area contributed by atoms with E-state index in [2.05, 4.69) is 5.32 Å². The summed E-state index contributed by atoms with van der Waals surface area (Å²) < 4.78 is 38.6. The summed E-state index contributed by atoms with van der Waals surface area (Å²) in [7, 11) is -3.61. The molecular formula is C23H28N2O5S. The third-order valence-electron chi connectivity index (χ3n) is 5.84. The third-order valence-corrected chi connectivity index (χ3v) is 7.72. The van der Waals surface area contributed by atoms with Gasteiger partial charge in [0.2, 0.25) is 15.9 Å². The van der Waals surface area contributed by atoms with E-state index in [4.69, 9.17) is 9.47 Å². The Morgan fingerprint density at radius 1 is 1.10 bits per heavy atom. The van der Waals surface area contributed by atoms with Crippen LogP contribution in [0.4, 0.5) is 0 Å². The molecule has 1 saturated heterocycles. The zero-order valence-corrected chi connectivity index (χ0v) is 18.7. The maximum Gasteiger partial charge on any atom is 0.243 e. The molecule has 1 amide bonds. The second-order valence-corrected chi connectivity index (χ2v) is 10.1. The van der Waals surface area contributed by atoms with Gasteiger partial charge in [-0.2, -0.15) is 4.31 Å². The fourth-order valence-corrected chi connectivity index (χ4v) is 5.50. The Morgan fingerprint density at radius 2 is 1.81 bits per heavy atom. The summed E-state index contributed by atoms with van der Waals surface area (Å²) >= 11 is 0. The van der Waals surface area contributed by atoms with Crippen molar-refractivity contribution in [2.45, 2.75) is 37.6 Å². The van der Waals surface area contributed by atoms with Gasteiger partial charge in [-0.3, -0.25) is 4.79 Å². The molecule has 7 nitrogen and oxygen atoms in total. The zero-order valence-electron chi connectivity index (χ0n) is 17.8. The van der Waals surface area contributed by atoms with Crippen molar-refractivity contribution in [3.8, 4) is 11.5 Å². The number of nitrogens with one attached hydrogen (secondary N) is 1. The molecule has 2 atom stereocenters. The number of rotatable bonds is 5. The summed E-state index contributed by atoms with van der Waals surface area (Å²) in [5.41, 5.74) is 1.92. The highest BCUT2D eigenvalue weighted by molar-refractivity contribution is 7.89. The Hall–Kier alpha value is -2.58. The number of aryl methyl sites for hydroxylation is 1. The van der Waals surface area contributed by atoms with E-state index >= 15 is 0 Å². The SMILES string of the molecule is Cc1ccc(S(=O)(=O)N2CCC[C@@H](C(=O)N[C@@H](C)c3ccc4c(c3)OCCO4)C2)cc1. The molecular weight excluding hydrogens is 416 g/mol. The van der Waals surface area contributed by atoms with E-state index in [0.29, 0.717) is 44.1 Å². The lowest BCUT2D eigenvalue weighted by molar-refractivity contribution is -0.126. The summed E-state index contributed by atoms with van der Waals surface area (Å²) in [6, 6.07) is 12.2. The van der Waals surface area contributed by atoms with Crippen molar-refractivity contribution in [3.05, 3.63) is 53.6 Å². The summed E-state index contributed by atoms with van der Waals surface area (Å²) in [6.45, 7) is 5.48. The number of hydrogen-bond donors (Lipinski definition) is 1. The number of ether oxygens (including phenoxy) is 2. The van der Waals surface area contributed by atoms with Gasteiger partial charge in [-0.1, -0.05) is 23.8 Å². The Bertz CT molecular complexity index is 1050. The first kappa shape index (κ1) is 21.6. The van der Waals surface area contributed by atoms with E-state index in [-0.39, 0.29) is 29.3 Å². The highest BCUT2D eigenvalue weighted by Gasteiger charge is 2.33. The number of benzene rings is 2. The van der Waals surface area contributed by atoms with Crippen molar-refractivity contribution in [1.29, 1.82) is 0 Å². The molecule has 1 N–H and O–H groups in total. The van der Waals surface area contributed by atoms with Crippen LogP contribution < -0.4 is 14.8 Å². The molecule has 1 fully saturated rings. The predicted octanol–water partition coefficient (Wildman–Crippen LogP) is 3.04. The van der Waals surface area contributed by atoms with Gasteiger partial charge in [0.05, 0.1) is 16.9 Å². The lowest BCUT2D eigenvalue weighted by Gasteiger charge is -2.32. The molecule has 31 heavy (non-hydrogen) atoms. The zero-order chi connectivity index (χ0) is 22.0. The van der Waals surface area contributed by atoms with Crippen molar-refractivity contribution in [2.75, 3.05) is 26.3 Å². The molecule has 0 bridgehead atoms. The van der Waals surface area contributed by atoms with Crippen LogP contribution in [0.25, 0.3) is 0 Å². The minimum atomic E-state index is -3.61. The number of fused-ring (bicyclic) bond motifs is 1.